The van der Waals surface area contributed by atoms with E-state index in [4.69, 9.17) is 4.98 Å². The normalized spacial score (nSPS) is 15.4. The second-order valence-electron chi connectivity index (χ2n) is 6.47. The molecular formula is C19H22N6. The molecule has 1 fully saturated rings. The summed E-state index contributed by atoms with van der Waals surface area (Å²) in [6.07, 6.45) is 12.9. The maximum absolute atomic E-state index is 4.74. The average Bonchev–Trinajstić information content (AvgIpc) is 3.21. The van der Waals surface area contributed by atoms with E-state index < -0.39 is 0 Å². The topological polar surface area (TPSA) is 59.7 Å². The minimum atomic E-state index is 0.752. The van der Waals surface area contributed by atoms with Gasteiger partial charge in [-0.25, -0.2) is 9.97 Å². The van der Waals surface area contributed by atoms with Crippen molar-refractivity contribution >= 4 is 5.95 Å². The fourth-order valence-corrected chi connectivity index (χ4v) is 3.35. The molecular weight excluding hydrogens is 312 g/mol. The number of aromatic nitrogens is 5. The number of hydrogen-bond acceptors (Lipinski definition) is 5. The lowest BCUT2D eigenvalue weighted by Crippen LogP contribution is -2.35. The number of rotatable bonds is 5. The van der Waals surface area contributed by atoms with Crippen LogP contribution in [0.4, 0.5) is 5.95 Å². The second-order valence-corrected chi connectivity index (χ2v) is 6.47. The molecule has 0 amide bonds. The maximum Gasteiger partial charge on any atom is 0.225 e. The summed E-state index contributed by atoms with van der Waals surface area (Å²) >= 11 is 0. The molecule has 3 aromatic rings. The molecule has 1 aliphatic heterocycles. The van der Waals surface area contributed by atoms with E-state index in [0.717, 1.165) is 42.8 Å². The van der Waals surface area contributed by atoms with Crippen molar-refractivity contribution in [1.29, 1.82) is 0 Å². The van der Waals surface area contributed by atoms with Crippen LogP contribution in [0.25, 0.3) is 11.3 Å². The van der Waals surface area contributed by atoms with Gasteiger partial charge in [0.25, 0.3) is 0 Å². The number of hydrogen-bond donors (Lipinski definition) is 0. The van der Waals surface area contributed by atoms with Gasteiger partial charge in [-0.3, -0.25) is 9.67 Å². The number of nitrogens with zero attached hydrogens (tertiary/aromatic N) is 6. The predicted octanol–water partition coefficient (Wildman–Crippen LogP) is 3.04. The van der Waals surface area contributed by atoms with Crippen LogP contribution in [-0.4, -0.2) is 37.8 Å². The van der Waals surface area contributed by atoms with Crippen molar-refractivity contribution in [2.24, 2.45) is 5.92 Å². The molecule has 1 saturated heterocycles. The lowest BCUT2D eigenvalue weighted by molar-refractivity contribution is 0.352. The standard InChI is InChI=1S/C19H22N6/c1-3-17(15-20-8-1)18-4-10-21-19(23-18)24-12-5-16(6-13-24)7-14-25-11-2-9-22-25/h1-4,8-11,15-16H,5-7,12-14H2. The van der Waals surface area contributed by atoms with Crippen molar-refractivity contribution < 1.29 is 0 Å². The fraction of sp³-hybridized carbons (Fsp3) is 0.368. The van der Waals surface area contributed by atoms with Gasteiger partial charge < -0.3 is 4.90 Å². The van der Waals surface area contributed by atoms with Crippen molar-refractivity contribution in [3.8, 4) is 11.3 Å². The van der Waals surface area contributed by atoms with Crippen LogP contribution in [0.2, 0.25) is 0 Å². The first kappa shape index (κ1) is 15.7. The zero-order valence-electron chi connectivity index (χ0n) is 14.2. The van der Waals surface area contributed by atoms with Gasteiger partial charge in [0.15, 0.2) is 0 Å². The Morgan fingerprint density at radius 3 is 2.72 bits per heavy atom. The number of aryl methyl sites for hydroxylation is 1. The maximum atomic E-state index is 4.74. The third-order valence-corrected chi connectivity index (χ3v) is 4.82. The van der Waals surface area contributed by atoms with Crippen LogP contribution in [-0.2, 0) is 6.54 Å². The molecule has 4 rings (SSSR count). The van der Waals surface area contributed by atoms with Crippen LogP contribution in [0.5, 0.6) is 0 Å². The first-order valence-electron chi connectivity index (χ1n) is 8.84. The molecule has 3 aromatic heterocycles. The largest absolute Gasteiger partial charge is 0.341 e. The number of pyridine rings is 1. The first-order chi connectivity index (χ1) is 12.4. The fourth-order valence-electron chi connectivity index (χ4n) is 3.35. The van der Waals surface area contributed by atoms with E-state index in [0.29, 0.717) is 0 Å². The van der Waals surface area contributed by atoms with E-state index in [2.05, 4.69) is 20.0 Å². The summed E-state index contributed by atoms with van der Waals surface area (Å²) in [7, 11) is 0. The van der Waals surface area contributed by atoms with Crippen LogP contribution in [0, 0.1) is 5.92 Å². The molecule has 6 heteroatoms. The molecule has 0 atom stereocenters. The number of anilines is 1. The zero-order valence-corrected chi connectivity index (χ0v) is 14.2. The summed E-state index contributed by atoms with van der Waals surface area (Å²) in [4.78, 5) is 15.7. The van der Waals surface area contributed by atoms with Crippen molar-refractivity contribution in [2.45, 2.75) is 25.8 Å². The van der Waals surface area contributed by atoms with Crippen LogP contribution in [0.15, 0.2) is 55.2 Å². The number of piperidine rings is 1. The van der Waals surface area contributed by atoms with E-state index >= 15 is 0 Å². The summed E-state index contributed by atoms with van der Waals surface area (Å²) in [5.74, 6) is 1.58. The van der Waals surface area contributed by atoms with E-state index in [-0.39, 0.29) is 0 Å². The molecule has 1 aliphatic rings. The van der Waals surface area contributed by atoms with Crippen LogP contribution < -0.4 is 4.90 Å². The average molecular weight is 334 g/mol. The summed E-state index contributed by atoms with van der Waals surface area (Å²) in [6, 6.07) is 7.88. The Labute approximate surface area is 147 Å². The minimum Gasteiger partial charge on any atom is -0.341 e. The quantitative estimate of drug-likeness (QED) is 0.718. The zero-order chi connectivity index (χ0) is 16.9. The van der Waals surface area contributed by atoms with Gasteiger partial charge in [0.05, 0.1) is 5.69 Å². The van der Waals surface area contributed by atoms with Gasteiger partial charge >= 0.3 is 0 Å². The van der Waals surface area contributed by atoms with E-state index in [1.54, 1.807) is 6.20 Å². The van der Waals surface area contributed by atoms with Crippen molar-refractivity contribution in [1.82, 2.24) is 24.7 Å². The molecule has 25 heavy (non-hydrogen) atoms. The Balaban J connectivity index is 1.36. The van der Waals surface area contributed by atoms with Crippen molar-refractivity contribution in [2.75, 3.05) is 18.0 Å². The molecule has 0 spiro atoms. The highest BCUT2D eigenvalue weighted by atomic mass is 15.3. The van der Waals surface area contributed by atoms with Gasteiger partial charge in [-0.1, -0.05) is 0 Å². The van der Waals surface area contributed by atoms with Gasteiger partial charge in [0.1, 0.15) is 0 Å². The molecule has 0 radical (unpaired) electrons. The highest BCUT2D eigenvalue weighted by Crippen LogP contribution is 2.25. The third kappa shape index (κ3) is 3.84. The molecule has 0 aliphatic carbocycles. The smallest absolute Gasteiger partial charge is 0.225 e. The summed E-state index contributed by atoms with van der Waals surface area (Å²) in [5.41, 5.74) is 1.96. The van der Waals surface area contributed by atoms with Gasteiger partial charge in [0, 0.05) is 56.2 Å². The van der Waals surface area contributed by atoms with Gasteiger partial charge in [-0.15, -0.1) is 0 Å². The van der Waals surface area contributed by atoms with Crippen LogP contribution >= 0.6 is 0 Å². The highest BCUT2D eigenvalue weighted by Gasteiger charge is 2.21. The molecule has 128 valence electrons. The van der Waals surface area contributed by atoms with Crippen molar-refractivity contribution in [3.05, 3.63) is 55.2 Å². The SMILES string of the molecule is c1cncc(-c2ccnc(N3CCC(CCn4cccn4)CC3)n2)c1. The Bertz CT molecular complexity index is 779. The molecule has 0 bridgehead atoms. The van der Waals surface area contributed by atoms with E-state index in [9.17, 15) is 0 Å². The molecule has 0 saturated carbocycles. The Kier molecular flexibility index (Phi) is 4.68. The second kappa shape index (κ2) is 7.42. The molecule has 0 N–H and O–H groups in total. The lowest BCUT2D eigenvalue weighted by atomic mass is 9.94. The van der Waals surface area contributed by atoms with E-state index in [1.165, 1.54) is 19.3 Å². The molecule has 0 unspecified atom stereocenters. The van der Waals surface area contributed by atoms with Crippen LogP contribution in [0.1, 0.15) is 19.3 Å². The first-order valence-corrected chi connectivity index (χ1v) is 8.84. The summed E-state index contributed by atoms with van der Waals surface area (Å²) in [6.45, 7) is 3.03. The Hall–Kier alpha value is -2.76. The van der Waals surface area contributed by atoms with Gasteiger partial charge in [0.2, 0.25) is 5.95 Å². The molecule has 4 heterocycles. The van der Waals surface area contributed by atoms with Crippen molar-refractivity contribution in [3.63, 3.8) is 0 Å². The lowest BCUT2D eigenvalue weighted by Gasteiger charge is -2.32. The molecule has 0 aromatic carbocycles. The monoisotopic (exact) mass is 334 g/mol. The summed E-state index contributed by atoms with van der Waals surface area (Å²) in [5, 5.41) is 4.28. The summed E-state index contributed by atoms with van der Waals surface area (Å²) < 4.78 is 2.02. The Morgan fingerprint density at radius 1 is 1.04 bits per heavy atom. The van der Waals surface area contributed by atoms with Gasteiger partial charge in [-0.05, 0) is 49.4 Å². The van der Waals surface area contributed by atoms with Crippen LogP contribution in [0.3, 0.4) is 0 Å². The Morgan fingerprint density at radius 2 is 1.96 bits per heavy atom. The van der Waals surface area contributed by atoms with Gasteiger partial charge in [-0.2, -0.15) is 5.10 Å². The minimum absolute atomic E-state index is 0.752. The highest BCUT2D eigenvalue weighted by molar-refractivity contribution is 5.58. The third-order valence-electron chi connectivity index (χ3n) is 4.82. The predicted molar refractivity (Wildman–Crippen MR) is 97.0 cm³/mol. The molecule has 6 nitrogen and oxygen atoms in total. The van der Waals surface area contributed by atoms with E-state index in [1.807, 2.05) is 53.7 Å².